The summed E-state index contributed by atoms with van der Waals surface area (Å²) >= 11 is 0. The molecule has 686 valence electrons. The van der Waals surface area contributed by atoms with Gasteiger partial charge in [0.2, 0.25) is 65.0 Å². The first-order valence-electron chi connectivity index (χ1n) is 42.2. The van der Waals surface area contributed by atoms with Crippen molar-refractivity contribution in [3.05, 3.63) is 0 Å². The van der Waals surface area contributed by atoms with Crippen molar-refractivity contribution >= 4 is 65.0 Å². The van der Waals surface area contributed by atoms with Gasteiger partial charge in [0, 0.05) is 138 Å². The fourth-order valence-electron chi connectivity index (χ4n) is 13.8. The molecule has 16 atom stereocenters. The van der Waals surface area contributed by atoms with Crippen LogP contribution in [0.1, 0.15) is 194 Å². The van der Waals surface area contributed by atoms with Crippen LogP contribution in [0.25, 0.3) is 0 Å². The van der Waals surface area contributed by atoms with Gasteiger partial charge in [-0.3, -0.25) is 52.7 Å². The maximum Gasteiger partial charge on any atom is 0.222 e. The third kappa shape index (κ3) is 42.4. The largest absolute Gasteiger partial charge is 0.394 e. The van der Waals surface area contributed by atoms with Crippen LogP contribution in [0.5, 0.6) is 0 Å². The van der Waals surface area contributed by atoms with Crippen LogP contribution in [0.15, 0.2) is 0 Å². The molecule has 0 aliphatic carbocycles. The van der Waals surface area contributed by atoms with Gasteiger partial charge >= 0.3 is 0 Å². The Morgan fingerprint density at radius 2 is 0.630 bits per heavy atom. The molecular formula is C78H139N11O30. The molecule has 11 amide bonds. The van der Waals surface area contributed by atoms with Crippen LogP contribution < -0.4 is 53.2 Å². The van der Waals surface area contributed by atoms with Crippen molar-refractivity contribution in [3.63, 3.8) is 0 Å². The molecule has 0 radical (unpaired) electrons. The summed E-state index contributed by atoms with van der Waals surface area (Å²) in [7, 11) is 0. The molecule has 0 bridgehead atoms. The number of nitrogens with one attached hydrogen (secondary N) is 10. The van der Waals surface area contributed by atoms with Crippen molar-refractivity contribution in [3.8, 4) is 0 Å². The maximum absolute atomic E-state index is 14.0. The number of ether oxygens (including phenoxy) is 9. The van der Waals surface area contributed by atoms with Gasteiger partial charge in [0.1, 0.15) is 78.6 Å². The average Bonchev–Trinajstić information content (AvgIpc) is 1.51. The van der Waals surface area contributed by atoms with E-state index in [0.717, 1.165) is 57.8 Å². The minimum atomic E-state index is -1.46. The molecule has 4 saturated heterocycles. The molecule has 4 rings (SSSR count). The van der Waals surface area contributed by atoms with Gasteiger partial charge in [-0.15, -0.1) is 0 Å². The first kappa shape index (κ1) is 105. The van der Waals surface area contributed by atoms with Crippen molar-refractivity contribution in [2.75, 3.05) is 132 Å². The number of carbonyl (C=O) groups excluding carboxylic acids is 11. The predicted molar refractivity (Wildman–Crippen MR) is 423 cm³/mol. The Morgan fingerprint density at radius 1 is 0.345 bits per heavy atom. The first-order chi connectivity index (χ1) is 57.2. The zero-order valence-electron chi connectivity index (χ0n) is 69.6. The Balaban J connectivity index is 1.29. The minimum Gasteiger partial charge on any atom is -0.394 e. The van der Waals surface area contributed by atoms with Gasteiger partial charge < -0.3 is 152 Å². The molecular weight excluding hydrogens is 1570 g/mol. The van der Waals surface area contributed by atoms with E-state index in [0.29, 0.717) is 77.2 Å². The number of aliphatic hydroxyl groups excluding tert-OH is 10. The predicted octanol–water partition coefficient (Wildman–Crippen LogP) is -4.79. The number of hydrogen-bond donors (Lipinski definition) is 20. The lowest BCUT2D eigenvalue weighted by Crippen LogP contribution is -2.64. The number of rotatable bonds is 64. The lowest BCUT2D eigenvalue weighted by molar-refractivity contribution is -0.270. The van der Waals surface area contributed by atoms with E-state index in [-0.39, 0.29) is 204 Å². The van der Waals surface area contributed by atoms with E-state index in [9.17, 15) is 104 Å². The highest BCUT2D eigenvalue weighted by molar-refractivity contribution is 5.79. The number of unbranched alkanes of at least 4 members (excludes halogenated alkanes) is 10. The normalized spacial score (nSPS) is 24.7. The summed E-state index contributed by atoms with van der Waals surface area (Å²) in [5.41, 5.74) is -1.42. The molecule has 41 nitrogen and oxygen atoms in total. The summed E-state index contributed by atoms with van der Waals surface area (Å²) < 4.78 is 52.2. The van der Waals surface area contributed by atoms with Crippen molar-refractivity contribution in [1.82, 2.24) is 58.1 Å². The molecule has 4 heterocycles. The van der Waals surface area contributed by atoms with E-state index in [1.165, 1.54) is 20.8 Å². The number of aliphatic hydroxyl groups is 10. The van der Waals surface area contributed by atoms with Gasteiger partial charge in [0.15, 0.2) is 18.9 Å². The Hall–Kier alpha value is -6.59. The van der Waals surface area contributed by atoms with Crippen LogP contribution >= 0.6 is 0 Å². The molecule has 0 spiro atoms. The smallest absolute Gasteiger partial charge is 0.222 e. The van der Waals surface area contributed by atoms with E-state index >= 15 is 0 Å². The van der Waals surface area contributed by atoms with Gasteiger partial charge in [-0.05, 0) is 83.5 Å². The Morgan fingerprint density at radius 3 is 0.933 bits per heavy atom. The summed E-state index contributed by atoms with van der Waals surface area (Å²) in [6.45, 7) is 3.03. The molecule has 15 unspecified atom stereocenters. The van der Waals surface area contributed by atoms with Crippen molar-refractivity contribution in [2.45, 2.75) is 298 Å². The quantitative estimate of drug-likeness (QED) is 0.0254. The molecule has 4 fully saturated rings. The monoisotopic (exact) mass is 1710 g/mol. The standard InChI is InChI=1S/C78H139N11O30/c1-51(94)85-66-72(108)69(105)55(45-91)117-75(66)114-38-15-12-23-58(97)79-31-19-34-82-61(100)28-41-111-48-78(88-64(103)26-10-8-6-4-5-7-9-11-27-65(104)89-37-18-22-54(89)44-90,49-112-42-29-62(101)83-35-20-32-80-59(98)24-13-16-39-115-76-67(86-52(2)95)73(109)70(106)56(46-92)118-76)50-113-43-30-63(102)84-36-21-33-81-60(99)25-14-17-40-116-77-68(87-53(3)96)74(110)71(107)57(47-93)119-77/h54-57,66-77,90-93,105-110H,4-50H2,1-3H3,(H,79,97)(H,80,98)(H,81,99)(H,82,100)(H,83,101)(H,84,102)(H,85,94)(H,86,95)(H,87,96)(H,88,103)/t54-,55?,56?,57?,66?,67?,68?,69?,70?,71?,72?,73?,74?,75?,76?,77?,78?/m0/s1. The van der Waals surface area contributed by atoms with E-state index < -0.39 is 135 Å². The lowest BCUT2D eigenvalue weighted by Gasteiger charge is -2.42. The summed E-state index contributed by atoms with van der Waals surface area (Å²) in [4.78, 5) is 141. The third-order valence-electron chi connectivity index (χ3n) is 20.4. The van der Waals surface area contributed by atoms with Crippen molar-refractivity contribution in [1.29, 1.82) is 0 Å². The van der Waals surface area contributed by atoms with E-state index in [2.05, 4.69) is 53.2 Å². The zero-order valence-corrected chi connectivity index (χ0v) is 69.6. The first-order valence-corrected chi connectivity index (χ1v) is 42.2. The molecule has 0 aromatic heterocycles. The van der Waals surface area contributed by atoms with Crippen LogP contribution in [0.3, 0.4) is 0 Å². The third-order valence-corrected chi connectivity index (χ3v) is 20.4. The Bertz CT molecular complexity index is 2710. The van der Waals surface area contributed by atoms with Crippen molar-refractivity contribution in [2.24, 2.45) is 0 Å². The molecule has 0 aromatic carbocycles. The number of hydrogen-bond acceptors (Lipinski definition) is 30. The molecule has 4 aliphatic heterocycles. The second kappa shape index (κ2) is 60.8. The second-order valence-corrected chi connectivity index (χ2v) is 30.6. The summed E-state index contributed by atoms with van der Waals surface area (Å²) in [6, 6.07) is -3.38. The van der Waals surface area contributed by atoms with Gasteiger partial charge in [-0.25, -0.2) is 0 Å². The summed E-state index contributed by atoms with van der Waals surface area (Å²) in [5.74, 6) is -3.63. The van der Waals surface area contributed by atoms with E-state index in [1.807, 2.05) is 0 Å². The molecule has 0 saturated carbocycles. The zero-order chi connectivity index (χ0) is 87.3. The SMILES string of the molecule is CC(=O)NC1C(OCCCCC(=O)NCCCNC(=O)CCOCC(COCCC(=O)NCCCNC(=O)CCCCOC2OC(CO)C(O)C(O)C2NC(C)=O)(COCCC(=O)NCCCNC(=O)CCCCOC2OC(CO)C(O)C(O)C2NC(C)=O)NC(=O)CCCCCCCCCCC(=O)N2CCC[C@H]2CO)OC(CO)C(O)C1O. The fraction of sp³-hybridized carbons (Fsp3) is 0.859. The highest BCUT2D eigenvalue weighted by Crippen LogP contribution is 2.27. The molecule has 0 aromatic rings. The molecule has 20 N–H and O–H groups in total. The second-order valence-electron chi connectivity index (χ2n) is 30.6. The highest BCUT2D eigenvalue weighted by atomic mass is 16.7. The number of carbonyl (C=O) groups is 11. The number of likely N-dealkylation sites (tertiary alicyclic amines) is 1. The highest BCUT2D eigenvalue weighted by Gasteiger charge is 2.48. The number of nitrogens with zero attached hydrogens (tertiary/aromatic N) is 1. The number of amides is 11. The van der Waals surface area contributed by atoms with Crippen molar-refractivity contribution < 1.29 is 146 Å². The Kier molecular flexibility index (Phi) is 53.6. The van der Waals surface area contributed by atoms with Gasteiger partial charge in [-0.1, -0.05) is 38.5 Å². The minimum absolute atomic E-state index is 0.0256. The average molecular weight is 1710 g/mol. The fourth-order valence-corrected chi connectivity index (χ4v) is 13.8. The topological polar surface area (TPSA) is 597 Å². The van der Waals surface area contributed by atoms with Gasteiger partial charge in [0.05, 0.1) is 72.1 Å². The van der Waals surface area contributed by atoms with Crippen LogP contribution in [0.4, 0.5) is 0 Å². The Labute approximate surface area is 696 Å². The van der Waals surface area contributed by atoms with Crippen LogP contribution in [0.2, 0.25) is 0 Å². The van der Waals surface area contributed by atoms with Crippen LogP contribution in [-0.4, -0.2) is 356 Å². The lowest BCUT2D eigenvalue weighted by atomic mass is 9.97. The van der Waals surface area contributed by atoms with E-state index in [4.69, 9.17) is 42.6 Å². The summed E-state index contributed by atoms with van der Waals surface area (Å²) in [6.07, 6.45) is -3.10. The maximum atomic E-state index is 14.0. The van der Waals surface area contributed by atoms with E-state index in [1.54, 1.807) is 4.90 Å². The van der Waals surface area contributed by atoms with Gasteiger partial charge in [0.25, 0.3) is 0 Å². The van der Waals surface area contributed by atoms with Crippen LogP contribution in [0, 0.1) is 0 Å². The molecule has 119 heavy (non-hydrogen) atoms. The molecule has 41 heteroatoms. The van der Waals surface area contributed by atoms with Crippen LogP contribution in [-0.2, 0) is 95.4 Å². The summed E-state index contributed by atoms with van der Waals surface area (Å²) in [5, 5.41) is 128. The van der Waals surface area contributed by atoms with Gasteiger partial charge in [-0.2, -0.15) is 0 Å². The molecule has 4 aliphatic rings.